The van der Waals surface area contributed by atoms with Crippen molar-refractivity contribution in [2.24, 2.45) is 0 Å². The number of allylic oxidation sites excluding steroid dienone is 1. The minimum atomic E-state index is -1.06. The number of benzene rings is 1. The third kappa shape index (κ3) is 5.55. The molecule has 1 unspecified atom stereocenters. The molecular formula is C20H27NO6. The number of amides is 1. The molecular weight excluding hydrogens is 350 g/mol. The number of hydrogen-bond donors (Lipinski definition) is 0. The summed E-state index contributed by atoms with van der Waals surface area (Å²) in [6, 6.07) is 9.39. The fourth-order valence-electron chi connectivity index (χ4n) is 3.06. The molecule has 27 heavy (non-hydrogen) atoms. The van der Waals surface area contributed by atoms with Gasteiger partial charge >= 0.3 is 12.1 Å². The van der Waals surface area contributed by atoms with Crippen molar-refractivity contribution < 1.29 is 28.5 Å². The maximum atomic E-state index is 12.7. The number of hydrogen-bond acceptors (Lipinski definition) is 6. The van der Waals surface area contributed by atoms with Crippen molar-refractivity contribution in [3.05, 3.63) is 48.6 Å². The predicted molar refractivity (Wildman–Crippen MR) is 98.6 cm³/mol. The van der Waals surface area contributed by atoms with E-state index in [1.54, 1.807) is 13.2 Å². The number of ether oxygens (including phenoxy) is 4. The molecule has 0 aliphatic carbocycles. The van der Waals surface area contributed by atoms with Gasteiger partial charge in [0.25, 0.3) is 0 Å². The number of carbonyl (C=O) groups is 2. The Balaban J connectivity index is 2.04. The molecule has 7 heteroatoms. The maximum Gasteiger partial charge on any atom is 0.413 e. The summed E-state index contributed by atoms with van der Waals surface area (Å²) in [4.78, 5) is 26.6. The fourth-order valence-corrected chi connectivity index (χ4v) is 3.06. The Bertz CT molecular complexity index is 620. The van der Waals surface area contributed by atoms with E-state index in [2.05, 4.69) is 6.58 Å². The van der Waals surface area contributed by atoms with Crippen LogP contribution in [0.1, 0.15) is 31.2 Å². The SMILES string of the molecule is C=CCCC1(CCCOCOC)C(=O)OCN1C(=O)OCc1ccccc1. The van der Waals surface area contributed by atoms with Crippen LogP contribution in [0.5, 0.6) is 0 Å². The molecule has 0 N–H and O–H groups in total. The summed E-state index contributed by atoms with van der Waals surface area (Å²) in [6.45, 7) is 4.35. The first kappa shape index (κ1) is 20.9. The fraction of sp³-hybridized carbons (Fsp3) is 0.500. The average Bonchev–Trinajstić information content (AvgIpc) is 3.01. The zero-order chi connectivity index (χ0) is 19.5. The van der Waals surface area contributed by atoms with E-state index in [0.29, 0.717) is 32.3 Å². The van der Waals surface area contributed by atoms with E-state index in [4.69, 9.17) is 18.9 Å². The van der Waals surface area contributed by atoms with E-state index in [9.17, 15) is 9.59 Å². The molecule has 0 radical (unpaired) electrons. The lowest BCUT2D eigenvalue weighted by atomic mass is 9.87. The average molecular weight is 377 g/mol. The van der Waals surface area contributed by atoms with Crippen molar-refractivity contribution in [2.45, 2.75) is 37.8 Å². The molecule has 0 saturated carbocycles. The van der Waals surface area contributed by atoms with Crippen LogP contribution < -0.4 is 0 Å². The topological polar surface area (TPSA) is 74.3 Å². The molecule has 1 fully saturated rings. The Morgan fingerprint density at radius 3 is 2.81 bits per heavy atom. The van der Waals surface area contributed by atoms with Crippen LogP contribution in [0.25, 0.3) is 0 Å². The highest BCUT2D eigenvalue weighted by molar-refractivity contribution is 5.88. The summed E-state index contributed by atoms with van der Waals surface area (Å²) in [6.07, 6.45) is 3.17. The van der Waals surface area contributed by atoms with Crippen LogP contribution in [0.15, 0.2) is 43.0 Å². The van der Waals surface area contributed by atoms with Crippen molar-refractivity contribution in [1.29, 1.82) is 0 Å². The van der Waals surface area contributed by atoms with E-state index in [1.807, 2.05) is 30.3 Å². The molecule has 1 aromatic rings. The van der Waals surface area contributed by atoms with Gasteiger partial charge in [0.15, 0.2) is 6.73 Å². The maximum absolute atomic E-state index is 12.7. The monoisotopic (exact) mass is 377 g/mol. The minimum absolute atomic E-state index is 0.109. The lowest BCUT2D eigenvalue weighted by molar-refractivity contribution is -0.143. The van der Waals surface area contributed by atoms with Gasteiger partial charge in [0.2, 0.25) is 0 Å². The van der Waals surface area contributed by atoms with Gasteiger partial charge in [-0.15, -0.1) is 6.58 Å². The van der Waals surface area contributed by atoms with Crippen molar-refractivity contribution in [3.8, 4) is 0 Å². The van der Waals surface area contributed by atoms with Gasteiger partial charge in [0, 0.05) is 13.7 Å². The molecule has 0 bridgehead atoms. The molecule has 0 spiro atoms. The molecule has 2 rings (SSSR count). The Morgan fingerprint density at radius 2 is 2.11 bits per heavy atom. The summed E-state index contributed by atoms with van der Waals surface area (Å²) in [7, 11) is 1.55. The highest BCUT2D eigenvalue weighted by atomic mass is 16.7. The van der Waals surface area contributed by atoms with E-state index < -0.39 is 17.6 Å². The quantitative estimate of drug-likeness (QED) is 0.255. The normalized spacial score (nSPS) is 19.0. The van der Waals surface area contributed by atoms with Crippen LogP contribution in [0.3, 0.4) is 0 Å². The Kier molecular flexibility index (Phi) is 8.29. The van der Waals surface area contributed by atoms with Crippen molar-refractivity contribution in [2.75, 3.05) is 27.2 Å². The molecule has 1 atom stereocenters. The van der Waals surface area contributed by atoms with Gasteiger partial charge in [-0.05, 0) is 31.2 Å². The number of methoxy groups -OCH3 is 1. The van der Waals surface area contributed by atoms with Gasteiger partial charge in [-0.3, -0.25) is 4.90 Å². The number of nitrogens with zero attached hydrogens (tertiary/aromatic N) is 1. The number of carbonyl (C=O) groups excluding carboxylic acids is 2. The second-order valence-electron chi connectivity index (χ2n) is 6.31. The van der Waals surface area contributed by atoms with Gasteiger partial charge in [-0.25, -0.2) is 9.59 Å². The first-order valence-corrected chi connectivity index (χ1v) is 8.97. The molecule has 1 amide bonds. The van der Waals surface area contributed by atoms with E-state index in [1.165, 1.54) is 4.90 Å². The van der Waals surface area contributed by atoms with Crippen molar-refractivity contribution >= 4 is 12.1 Å². The summed E-state index contributed by atoms with van der Waals surface area (Å²) < 4.78 is 20.8. The summed E-state index contributed by atoms with van der Waals surface area (Å²) in [5.41, 5.74) is -0.180. The van der Waals surface area contributed by atoms with E-state index in [-0.39, 0.29) is 20.1 Å². The molecule has 0 aromatic heterocycles. The Morgan fingerprint density at radius 1 is 1.33 bits per heavy atom. The van der Waals surface area contributed by atoms with Crippen molar-refractivity contribution in [1.82, 2.24) is 4.90 Å². The molecule has 1 aromatic carbocycles. The second-order valence-corrected chi connectivity index (χ2v) is 6.31. The summed E-state index contributed by atoms with van der Waals surface area (Å²) >= 11 is 0. The summed E-state index contributed by atoms with van der Waals surface area (Å²) in [5.74, 6) is -0.409. The van der Waals surface area contributed by atoms with Crippen molar-refractivity contribution in [3.63, 3.8) is 0 Å². The van der Waals surface area contributed by atoms with Crippen LogP contribution >= 0.6 is 0 Å². The summed E-state index contributed by atoms with van der Waals surface area (Å²) in [5, 5.41) is 0. The molecule has 1 heterocycles. The first-order chi connectivity index (χ1) is 13.1. The third-order valence-electron chi connectivity index (χ3n) is 4.49. The zero-order valence-corrected chi connectivity index (χ0v) is 15.7. The number of cyclic esters (lactones) is 1. The number of rotatable bonds is 11. The molecule has 148 valence electrons. The van der Waals surface area contributed by atoms with E-state index in [0.717, 1.165) is 5.56 Å². The highest BCUT2D eigenvalue weighted by Crippen LogP contribution is 2.34. The Hall–Kier alpha value is -2.38. The molecule has 1 saturated heterocycles. The third-order valence-corrected chi connectivity index (χ3v) is 4.49. The molecule has 1 aliphatic rings. The van der Waals surface area contributed by atoms with Crippen LogP contribution in [0, 0.1) is 0 Å². The lowest BCUT2D eigenvalue weighted by Crippen LogP contribution is -2.51. The second kappa shape index (κ2) is 10.7. The molecule has 1 aliphatic heterocycles. The lowest BCUT2D eigenvalue weighted by Gasteiger charge is -2.33. The standard InChI is InChI=1S/C20H27NO6/c1-3-4-11-20(12-8-13-25-16-24-2)18(22)27-15-21(20)19(23)26-14-17-9-6-5-7-10-17/h3,5-7,9-10H,1,4,8,11-16H2,2H3. The van der Waals surface area contributed by atoms with Gasteiger partial charge < -0.3 is 18.9 Å². The van der Waals surface area contributed by atoms with Gasteiger partial charge in [0.1, 0.15) is 18.9 Å². The Labute approximate surface area is 159 Å². The zero-order valence-electron chi connectivity index (χ0n) is 15.7. The number of esters is 1. The highest BCUT2D eigenvalue weighted by Gasteiger charge is 2.52. The minimum Gasteiger partial charge on any atom is -0.444 e. The smallest absolute Gasteiger partial charge is 0.413 e. The largest absolute Gasteiger partial charge is 0.444 e. The first-order valence-electron chi connectivity index (χ1n) is 8.97. The van der Waals surface area contributed by atoms with Crippen LogP contribution in [-0.2, 0) is 30.3 Å². The van der Waals surface area contributed by atoms with Gasteiger partial charge in [-0.2, -0.15) is 0 Å². The predicted octanol–water partition coefficient (Wildman–Crippen LogP) is 3.25. The van der Waals surface area contributed by atoms with Gasteiger partial charge in [0.05, 0.1) is 0 Å². The van der Waals surface area contributed by atoms with E-state index >= 15 is 0 Å². The van der Waals surface area contributed by atoms with Crippen LogP contribution in [-0.4, -0.2) is 49.7 Å². The molecule has 7 nitrogen and oxygen atoms in total. The van der Waals surface area contributed by atoms with Crippen LogP contribution in [0.4, 0.5) is 4.79 Å². The van der Waals surface area contributed by atoms with Crippen LogP contribution in [0.2, 0.25) is 0 Å². The van der Waals surface area contributed by atoms with Gasteiger partial charge in [-0.1, -0.05) is 36.4 Å².